The average molecular weight is 405 g/mol. The number of benzene rings is 2. The number of aromatic nitrogens is 1. The Kier molecular flexibility index (Phi) is 5.37. The first kappa shape index (κ1) is 18.9. The monoisotopic (exact) mass is 404 g/mol. The number of nitrogens with zero attached hydrogens (tertiary/aromatic N) is 1. The molecule has 0 aliphatic carbocycles. The van der Waals surface area contributed by atoms with Crippen molar-refractivity contribution in [1.29, 1.82) is 0 Å². The van der Waals surface area contributed by atoms with Gasteiger partial charge in [0.15, 0.2) is 5.13 Å². The molecule has 2 aromatic carbocycles. The van der Waals surface area contributed by atoms with Crippen LogP contribution < -0.4 is 5.32 Å². The second-order valence-corrected chi connectivity index (χ2v) is 8.65. The molecule has 1 heterocycles. The molecule has 0 atom stereocenters. The molecule has 6 heteroatoms. The van der Waals surface area contributed by atoms with Crippen LogP contribution in [0.15, 0.2) is 47.8 Å². The number of carbonyl (C=O) groups excluding carboxylic acids is 1. The Morgan fingerprint density at radius 1 is 1.08 bits per heavy atom. The summed E-state index contributed by atoms with van der Waals surface area (Å²) in [5.74, 6) is -0.310. The van der Waals surface area contributed by atoms with E-state index in [2.05, 4.69) is 55.3 Å². The number of halogens is 2. The van der Waals surface area contributed by atoms with E-state index in [0.717, 1.165) is 11.3 Å². The lowest BCUT2D eigenvalue weighted by Crippen LogP contribution is -2.12. The zero-order valence-electron chi connectivity index (χ0n) is 14.6. The summed E-state index contributed by atoms with van der Waals surface area (Å²) < 4.78 is 0. The smallest absolute Gasteiger partial charge is 0.258 e. The van der Waals surface area contributed by atoms with Gasteiger partial charge in [-0.05, 0) is 29.2 Å². The Morgan fingerprint density at radius 2 is 1.77 bits per heavy atom. The lowest BCUT2D eigenvalue weighted by Gasteiger charge is -2.18. The van der Waals surface area contributed by atoms with Crippen molar-refractivity contribution in [2.24, 2.45) is 0 Å². The molecule has 26 heavy (non-hydrogen) atoms. The molecular weight excluding hydrogens is 387 g/mol. The second kappa shape index (κ2) is 7.39. The summed E-state index contributed by atoms with van der Waals surface area (Å²) in [6.45, 7) is 6.54. The molecule has 0 fully saturated rings. The number of thiazole rings is 1. The van der Waals surface area contributed by atoms with E-state index in [1.54, 1.807) is 18.2 Å². The van der Waals surface area contributed by atoms with Crippen LogP contribution >= 0.6 is 34.5 Å². The van der Waals surface area contributed by atoms with Crippen molar-refractivity contribution in [3.63, 3.8) is 0 Å². The van der Waals surface area contributed by atoms with Gasteiger partial charge in [-0.2, -0.15) is 0 Å². The van der Waals surface area contributed by atoms with Gasteiger partial charge >= 0.3 is 0 Å². The molecule has 1 amide bonds. The predicted molar refractivity (Wildman–Crippen MR) is 111 cm³/mol. The van der Waals surface area contributed by atoms with Crippen molar-refractivity contribution >= 4 is 45.6 Å². The molecule has 0 spiro atoms. The summed E-state index contributed by atoms with van der Waals surface area (Å²) >= 11 is 13.3. The van der Waals surface area contributed by atoms with Crippen molar-refractivity contribution in [1.82, 2.24) is 4.98 Å². The van der Waals surface area contributed by atoms with Crippen LogP contribution in [0.5, 0.6) is 0 Å². The molecule has 0 radical (unpaired) electrons. The molecule has 0 bridgehead atoms. The number of rotatable bonds is 3. The van der Waals surface area contributed by atoms with Crippen molar-refractivity contribution in [2.75, 3.05) is 5.32 Å². The number of anilines is 1. The maximum Gasteiger partial charge on any atom is 0.258 e. The SMILES string of the molecule is CC(C)(C)c1ccc(-c2csc(NC(=O)c3ccc(Cl)cc3Cl)n2)cc1. The second-order valence-electron chi connectivity index (χ2n) is 6.94. The maximum atomic E-state index is 12.4. The molecule has 3 nitrogen and oxygen atoms in total. The summed E-state index contributed by atoms with van der Waals surface area (Å²) in [6.07, 6.45) is 0. The summed E-state index contributed by atoms with van der Waals surface area (Å²) in [5, 5.41) is 6.03. The number of hydrogen-bond acceptors (Lipinski definition) is 3. The van der Waals surface area contributed by atoms with E-state index < -0.39 is 0 Å². The highest BCUT2D eigenvalue weighted by Gasteiger charge is 2.15. The Bertz CT molecular complexity index is 943. The van der Waals surface area contributed by atoms with E-state index in [4.69, 9.17) is 23.2 Å². The summed E-state index contributed by atoms with van der Waals surface area (Å²) in [5.41, 5.74) is 3.58. The molecule has 3 rings (SSSR count). The van der Waals surface area contributed by atoms with Crippen molar-refractivity contribution in [3.8, 4) is 11.3 Å². The highest BCUT2D eigenvalue weighted by molar-refractivity contribution is 7.14. The van der Waals surface area contributed by atoms with Crippen LogP contribution in [0, 0.1) is 0 Å². The van der Waals surface area contributed by atoms with E-state index in [1.165, 1.54) is 16.9 Å². The standard InChI is InChI=1S/C20H18Cl2N2OS/c1-20(2,3)13-6-4-12(5-7-13)17-11-26-19(23-17)24-18(25)15-9-8-14(21)10-16(15)22/h4-11H,1-3H3,(H,23,24,25). The van der Waals surface area contributed by atoms with Gasteiger partial charge in [-0.3, -0.25) is 10.1 Å². The predicted octanol–water partition coefficient (Wildman–Crippen LogP) is 6.67. The van der Waals surface area contributed by atoms with Crippen LogP contribution in [0.3, 0.4) is 0 Å². The highest BCUT2D eigenvalue weighted by atomic mass is 35.5. The maximum absolute atomic E-state index is 12.4. The van der Waals surface area contributed by atoms with E-state index >= 15 is 0 Å². The van der Waals surface area contributed by atoms with E-state index in [1.807, 2.05) is 5.38 Å². The van der Waals surface area contributed by atoms with Crippen LogP contribution in [0.4, 0.5) is 5.13 Å². The third-order valence-corrected chi connectivity index (χ3v) is 5.25. The molecule has 0 aliphatic rings. The molecule has 0 saturated carbocycles. The minimum absolute atomic E-state index is 0.109. The van der Waals surface area contributed by atoms with Gasteiger partial charge < -0.3 is 0 Å². The van der Waals surface area contributed by atoms with Crippen LogP contribution in [0.1, 0.15) is 36.7 Å². The van der Waals surface area contributed by atoms with Crippen LogP contribution in [0.2, 0.25) is 10.0 Å². The van der Waals surface area contributed by atoms with Crippen LogP contribution in [-0.4, -0.2) is 10.9 Å². The molecule has 1 aromatic heterocycles. The quantitative estimate of drug-likeness (QED) is 0.529. The van der Waals surface area contributed by atoms with Gasteiger partial charge in [-0.1, -0.05) is 68.2 Å². The third-order valence-electron chi connectivity index (χ3n) is 3.95. The molecule has 0 aliphatic heterocycles. The van der Waals surface area contributed by atoms with E-state index in [9.17, 15) is 4.79 Å². The van der Waals surface area contributed by atoms with Gasteiger partial charge in [0, 0.05) is 16.0 Å². The average Bonchev–Trinajstić information content (AvgIpc) is 3.02. The fourth-order valence-electron chi connectivity index (χ4n) is 2.44. The third kappa shape index (κ3) is 4.26. The summed E-state index contributed by atoms with van der Waals surface area (Å²) in [6, 6.07) is 13.1. The molecule has 134 valence electrons. The number of hydrogen-bond donors (Lipinski definition) is 1. The number of amides is 1. The largest absolute Gasteiger partial charge is 0.298 e. The lowest BCUT2D eigenvalue weighted by molar-refractivity contribution is 0.102. The Morgan fingerprint density at radius 3 is 2.38 bits per heavy atom. The van der Waals surface area contributed by atoms with E-state index in [-0.39, 0.29) is 11.3 Å². The fourth-order valence-corrected chi connectivity index (χ4v) is 3.65. The minimum atomic E-state index is -0.310. The molecular formula is C20H18Cl2N2OS. The Hall–Kier alpha value is -1.88. The molecule has 0 saturated heterocycles. The zero-order chi connectivity index (χ0) is 18.9. The first-order valence-corrected chi connectivity index (χ1v) is 9.70. The Labute approximate surface area is 167 Å². The Balaban J connectivity index is 1.76. The van der Waals surface area contributed by atoms with Crippen LogP contribution in [-0.2, 0) is 5.41 Å². The lowest BCUT2D eigenvalue weighted by atomic mass is 9.86. The van der Waals surface area contributed by atoms with Gasteiger partial charge in [-0.15, -0.1) is 11.3 Å². The van der Waals surface area contributed by atoms with Gasteiger partial charge in [0.1, 0.15) is 0 Å². The molecule has 1 N–H and O–H groups in total. The summed E-state index contributed by atoms with van der Waals surface area (Å²) in [4.78, 5) is 16.9. The van der Waals surface area contributed by atoms with Gasteiger partial charge in [0.2, 0.25) is 0 Å². The van der Waals surface area contributed by atoms with Crippen molar-refractivity contribution in [3.05, 3.63) is 69.0 Å². The number of nitrogens with one attached hydrogen (secondary N) is 1. The van der Waals surface area contributed by atoms with Gasteiger partial charge in [-0.25, -0.2) is 4.98 Å². The van der Waals surface area contributed by atoms with Gasteiger partial charge in [0.05, 0.1) is 16.3 Å². The van der Waals surface area contributed by atoms with Crippen molar-refractivity contribution in [2.45, 2.75) is 26.2 Å². The fraction of sp³-hybridized carbons (Fsp3) is 0.200. The first-order valence-electron chi connectivity index (χ1n) is 8.07. The van der Waals surface area contributed by atoms with E-state index in [0.29, 0.717) is 20.7 Å². The zero-order valence-corrected chi connectivity index (χ0v) is 17.0. The first-order chi connectivity index (χ1) is 12.2. The molecule has 3 aromatic rings. The van der Waals surface area contributed by atoms with Gasteiger partial charge in [0.25, 0.3) is 5.91 Å². The van der Waals surface area contributed by atoms with Crippen LogP contribution in [0.25, 0.3) is 11.3 Å². The topological polar surface area (TPSA) is 42.0 Å². The minimum Gasteiger partial charge on any atom is -0.298 e. The highest BCUT2D eigenvalue weighted by Crippen LogP contribution is 2.29. The molecule has 0 unspecified atom stereocenters. The normalized spacial score (nSPS) is 11.4. The van der Waals surface area contributed by atoms with Crippen molar-refractivity contribution < 1.29 is 4.79 Å². The number of carbonyl (C=O) groups is 1. The summed E-state index contributed by atoms with van der Waals surface area (Å²) in [7, 11) is 0.